The second kappa shape index (κ2) is 4.55. The van der Waals surface area contributed by atoms with Crippen molar-refractivity contribution in [3.8, 4) is 0 Å². The second-order valence-electron chi connectivity index (χ2n) is 4.94. The van der Waals surface area contributed by atoms with E-state index in [2.05, 4.69) is 11.1 Å². The molecule has 2 rings (SSSR count). The Kier molecular flexibility index (Phi) is 3.26. The molecule has 1 aliphatic carbocycles. The van der Waals surface area contributed by atoms with Gasteiger partial charge in [0.25, 0.3) is 0 Å². The van der Waals surface area contributed by atoms with Gasteiger partial charge in [0.05, 0.1) is 5.69 Å². The van der Waals surface area contributed by atoms with Crippen molar-refractivity contribution >= 4 is 5.57 Å². The molecule has 17 heavy (non-hydrogen) atoms. The molecule has 3 nitrogen and oxygen atoms in total. The summed E-state index contributed by atoms with van der Waals surface area (Å²) in [4.78, 5) is 3.96. The first kappa shape index (κ1) is 12.2. The zero-order valence-electron chi connectivity index (χ0n) is 10.0. The van der Waals surface area contributed by atoms with Crippen LogP contribution in [-0.2, 0) is 6.54 Å². The van der Waals surface area contributed by atoms with Crippen LogP contribution in [0.2, 0.25) is 0 Å². The number of hydrogen-bond donors (Lipinski definition) is 2. The van der Waals surface area contributed by atoms with Crippen LogP contribution in [0.4, 0.5) is 4.39 Å². The van der Waals surface area contributed by atoms with Gasteiger partial charge in [0.15, 0.2) is 0 Å². The molecule has 0 saturated carbocycles. The van der Waals surface area contributed by atoms with Gasteiger partial charge in [0, 0.05) is 17.6 Å². The largest absolute Gasteiger partial charge is 0.326 e. The van der Waals surface area contributed by atoms with E-state index in [1.807, 2.05) is 13.0 Å². The van der Waals surface area contributed by atoms with E-state index < -0.39 is 5.95 Å². The van der Waals surface area contributed by atoms with E-state index in [4.69, 9.17) is 11.5 Å². The number of aromatic nitrogens is 1. The molecule has 4 N–H and O–H groups in total. The number of halogens is 1. The van der Waals surface area contributed by atoms with Crippen LogP contribution in [-0.4, -0.2) is 10.5 Å². The van der Waals surface area contributed by atoms with E-state index in [1.165, 1.54) is 0 Å². The lowest BCUT2D eigenvalue weighted by Crippen LogP contribution is -2.37. The number of hydrogen-bond acceptors (Lipinski definition) is 3. The molecule has 0 aliphatic heterocycles. The quantitative estimate of drug-likeness (QED) is 0.770. The van der Waals surface area contributed by atoms with E-state index in [1.54, 1.807) is 6.07 Å². The maximum atomic E-state index is 13.5. The Bertz CT molecular complexity index is 452. The maximum Gasteiger partial charge on any atom is 0.217 e. The number of pyridine rings is 1. The zero-order chi connectivity index (χ0) is 12.5. The Labute approximate surface area is 101 Å². The molecule has 1 atom stereocenters. The van der Waals surface area contributed by atoms with Gasteiger partial charge in [-0.05, 0) is 37.8 Å². The number of rotatable bonds is 2. The van der Waals surface area contributed by atoms with Crippen LogP contribution in [0.5, 0.6) is 0 Å². The maximum absolute atomic E-state index is 13.5. The summed E-state index contributed by atoms with van der Waals surface area (Å²) >= 11 is 0. The van der Waals surface area contributed by atoms with Crippen LogP contribution in [0.3, 0.4) is 0 Å². The Morgan fingerprint density at radius 3 is 2.76 bits per heavy atom. The third-order valence-corrected chi connectivity index (χ3v) is 3.26. The lowest BCUT2D eigenvalue weighted by molar-refractivity contribution is 0.431. The highest BCUT2D eigenvalue weighted by Crippen LogP contribution is 2.30. The molecule has 0 fully saturated rings. The van der Waals surface area contributed by atoms with Crippen LogP contribution in [0.25, 0.3) is 5.57 Å². The Balaban J connectivity index is 2.24. The Hall–Kier alpha value is -1.26. The van der Waals surface area contributed by atoms with Gasteiger partial charge in [0.2, 0.25) is 5.95 Å². The molecule has 0 saturated heterocycles. The van der Waals surface area contributed by atoms with Gasteiger partial charge in [-0.2, -0.15) is 4.39 Å². The average molecular weight is 235 g/mol. The number of nitrogens with zero attached hydrogens (tertiary/aromatic N) is 1. The van der Waals surface area contributed by atoms with Gasteiger partial charge in [-0.3, -0.25) is 0 Å². The highest BCUT2D eigenvalue weighted by Gasteiger charge is 2.23. The molecule has 1 aromatic rings. The summed E-state index contributed by atoms with van der Waals surface area (Å²) in [6, 6.07) is 3.53. The van der Waals surface area contributed by atoms with E-state index in [-0.39, 0.29) is 12.1 Å². The molecule has 0 spiro atoms. The van der Waals surface area contributed by atoms with Crippen molar-refractivity contribution in [1.82, 2.24) is 4.98 Å². The second-order valence-corrected chi connectivity index (χ2v) is 4.94. The molecule has 4 heteroatoms. The summed E-state index contributed by atoms with van der Waals surface area (Å²) in [6.07, 6.45) is 4.62. The van der Waals surface area contributed by atoms with Crippen LogP contribution in [0, 0.1) is 5.95 Å². The Morgan fingerprint density at radius 2 is 2.24 bits per heavy atom. The summed E-state index contributed by atoms with van der Waals surface area (Å²) in [5.74, 6) is -0.466. The zero-order valence-corrected chi connectivity index (χ0v) is 10.0. The molecule has 1 aromatic heterocycles. The van der Waals surface area contributed by atoms with Gasteiger partial charge >= 0.3 is 0 Å². The van der Waals surface area contributed by atoms with E-state index in [0.29, 0.717) is 11.3 Å². The van der Waals surface area contributed by atoms with Crippen molar-refractivity contribution in [2.75, 3.05) is 0 Å². The van der Waals surface area contributed by atoms with Crippen molar-refractivity contribution in [2.24, 2.45) is 11.5 Å². The molecular formula is C13H18FN3. The SMILES string of the molecule is CC1(N)CC=C(c2ccc(CN)c(F)n2)CC1. The number of nitrogens with two attached hydrogens (primary N) is 2. The lowest BCUT2D eigenvalue weighted by atomic mass is 9.84. The predicted molar refractivity (Wildman–Crippen MR) is 66.5 cm³/mol. The van der Waals surface area contributed by atoms with Crippen molar-refractivity contribution in [3.05, 3.63) is 35.4 Å². The van der Waals surface area contributed by atoms with Crippen LogP contribution >= 0.6 is 0 Å². The third-order valence-electron chi connectivity index (χ3n) is 3.26. The van der Waals surface area contributed by atoms with Gasteiger partial charge in [-0.25, -0.2) is 4.98 Å². The minimum Gasteiger partial charge on any atom is -0.326 e. The molecular weight excluding hydrogens is 217 g/mol. The van der Waals surface area contributed by atoms with Gasteiger partial charge < -0.3 is 11.5 Å². The highest BCUT2D eigenvalue weighted by atomic mass is 19.1. The predicted octanol–water partition coefficient (Wildman–Crippen LogP) is 1.96. The molecule has 0 amide bonds. The fourth-order valence-corrected chi connectivity index (χ4v) is 2.01. The molecule has 1 aliphatic rings. The number of allylic oxidation sites excluding steroid dienone is 1. The van der Waals surface area contributed by atoms with E-state index >= 15 is 0 Å². The summed E-state index contributed by atoms with van der Waals surface area (Å²) in [5, 5.41) is 0. The van der Waals surface area contributed by atoms with Crippen molar-refractivity contribution in [1.29, 1.82) is 0 Å². The minimum atomic E-state index is -0.466. The van der Waals surface area contributed by atoms with Crippen molar-refractivity contribution < 1.29 is 4.39 Å². The highest BCUT2D eigenvalue weighted by molar-refractivity contribution is 5.63. The van der Waals surface area contributed by atoms with Gasteiger partial charge in [0.1, 0.15) is 0 Å². The molecule has 92 valence electrons. The van der Waals surface area contributed by atoms with Crippen molar-refractivity contribution in [3.63, 3.8) is 0 Å². The lowest BCUT2D eigenvalue weighted by Gasteiger charge is -2.28. The molecule has 0 radical (unpaired) electrons. The molecule has 0 aromatic carbocycles. The first-order valence-electron chi connectivity index (χ1n) is 5.85. The summed E-state index contributed by atoms with van der Waals surface area (Å²) in [6.45, 7) is 2.21. The fourth-order valence-electron chi connectivity index (χ4n) is 2.01. The first-order chi connectivity index (χ1) is 8.02. The van der Waals surface area contributed by atoms with Crippen LogP contribution in [0.15, 0.2) is 18.2 Å². The fraction of sp³-hybridized carbons (Fsp3) is 0.462. The van der Waals surface area contributed by atoms with Gasteiger partial charge in [-0.15, -0.1) is 0 Å². The third kappa shape index (κ3) is 2.70. The average Bonchev–Trinajstić information content (AvgIpc) is 2.29. The van der Waals surface area contributed by atoms with E-state index in [0.717, 1.165) is 24.8 Å². The molecule has 0 bridgehead atoms. The van der Waals surface area contributed by atoms with Crippen LogP contribution in [0.1, 0.15) is 37.4 Å². The van der Waals surface area contributed by atoms with Crippen molar-refractivity contribution in [2.45, 2.75) is 38.3 Å². The summed E-state index contributed by atoms with van der Waals surface area (Å²) in [5.41, 5.74) is 13.5. The van der Waals surface area contributed by atoms with E-state index in [9.17, 15) is 4.39 Å². The summed E-state index contributed by atoms with van der Waals surface area (Å²) in [7, 11) is 0. The van der Waals surface area contributed by atoms with Crippen LogP contribution < -0.4 is 11.5 Å². The first-order valence-corrected chi connectivity index (χ1v) is 5.85. The normalized spacial score (nSPS) is 24.6. The topological polar surface area (TPSA) is 64.9 Å². The Morgan fingerprint density at radius 1 is 1.47 bits per heavy atom. The van der Waals surface area contributed by atoms with Gasteiger partial charge in [-0.1, -0.05) is 12.1 Å². The molecule has 1 unspecified atom stereocenters. The standard InChI is InChI=1S/C13H18FN3/c1-13(16)6-4-9(5-7-13)11-3-2-10(8-15)12(14)17-11/h2-4H,5-8,15-16H2,1H3. The molecule has 1 heterocycles. The monoisotopic (exact) mass is 235 g/mol. The smallest absolute Gasteiger partial charge is 0.217 e. The minimum absolute atomic E-state index is 0.140. The summed E-state index contributed by atoms with van der Waals surface area (Å²) < 4.78 is 13.5.